The average Bonchev–Trinajstić information content (AvgIpc) is 2.72. The molecular weight excluding hydrogens is 374 g/mol. The van der Waals surface area contributed by atoms with Crippen LogP contribution in [-0.4, -0.2) is 0 Å². The SMILES string of the molecule is [2H]C([2H])([2H])c1cc(C)c(-c2cc(C(C)(C)C)cc[n+]2C)cc1-c1c(C(C)C)cccc1C(C)C. The van der Waals surface area contributed by atoms with E-state index in [4.69, 9.17) is 4.11 Å². The lowest BCUT2D eigenvalue weighted by atomic mass is 9.82. The summed E-state index contributed by atoms with van der Waals surface area (Å²) >= 11 is 0. The Morgan fingerprint density at radius 2 is 1.45 bits per heavy atom. The Morgan fingerprint density at radius 3 is 1.97 bits per heavy atom. The van der Waals surface area contributed by atoms with Crippen LogP contribution >= 0.6 is 0 Å². The average molecular weight is 418 g/mol. The second kappa shape index (κ2) is 8.61. The van der Waals surface area contributed by atoms with Gasteiger partial charge in [0.25, 0.3) is 0 Å². The van der Waals surface area contributed by atoms with E-state index in [1.807, 2.05) is 13.0 Å². The van der Waals surface area contributed by atoms with Crippen LogP contribution in [0.25, 0.3) is 22.4 Å². The molecule has 1 heterocycles. The van der Waals surface area contributed by atoms with Crippen LogP contribution in [0.5, 0.6) is 0 Å². The van der Waals surface area contributed by atoms with E-state index < -0.39 is 6.85 Å². The van der Waals surface area contributed by atoms with Crippen LogP contribution in [0.4, 0.5) is 0 Å². The minimum Gasteiger partial charge on any atom is -0.201 e. The molecule has 1 heteroatoms. The number of rotatable bonds is 4. The number of aromatic nitrogens is 1. The summed E-state index contributed by atoms with van der Waals surface area (Å²) in [6.45, 7) is 15.2. The fourth-order valence-electron chi connectivity index (χ4n) is 4.36. The first-order chi connectivity index (χ1) is 15.6. The molecule has 0 spiro atoms. The van der Waals surface area contributed by atoms with Crippen LogP contribution in [0.1, 0.15) is 92.2 Å². The minimum absolute atomic E-state index is 0.0213. The van der Waals surface area contributed by atoms with Crippen LogP contribution in [0.3, 0.4) is 0 Å². The highest BCUT2D eigenvalue weighted by molar-refractivity contribution is 5.80. The van der Waals surface area contributed by atoms with Crippen molar-refractivity contribution in [2.45, 2.75) is 79.5 Å². The normalized spacial score (nSPS) is 14.0. The van der Waals surface area contributed by atoms with E-state index in [-0.39, 0.29) is 17.3 Å². The largest absolute Gasteiger partial charge is 0.212 e. The van der Waals surface area contributed by atoms with Gasteiger partial charge in [-0.1, -0.05) is 72.7 Å². The Kier molecular flexibility index (Phi) is 5.36. The van der Waals surface area contributed by atoms with Gasteiger partial charge in [-0.05, 0) is 76.0 Å². The van der Waals surface area contributed by atoms with E-state index in [0.29, 0.717) is 5.56 Å². The molecule has 3 rings (SSSR count). The summed E-state index contributed by atoms with van der Waals surface area (Å²) in [6.07, 6.45) is 2.11. The summed E-state index contributed by atoms with van der Waals surface area (Å²) in [5.41, 5.74) is 9.15. The first-order valence-corrected chi connectivity index (χ1v) is 11.4. The molecule has 0 atom stereocenters. The molecule has 3 aromatic rings. The molecule has 0 amide bonds. The molecule has 2 aromatic carbocycles. The minimum atomic E-state index is -2.20. The summed E-state index contributed by atoms with van der Waals surface area (Å²) in [4.78, 5) is 0. The standard InChI is InChI=1S/C30H40N/c1-19(2)24-12-11-13-25(20(3)4)29(24)27-18-26(21(5)16-22(27)6)28-17-23(30(7,8)9)14-15-31(28)10/h11-20H,1-10H3/q+1/i6D3. The molecule has 0 N–H and O–H groups in total. The van der Waals surface area contributed by atoms with Crippen molar-refractivity contribution in [1.82, 2.24) is 0 Å². The zero-order valence-corrected chi connectivity index (χ0v) is 20.7. The smallest absolute Gasteiger partial charge is 0.201 e. The van der Waals surface area contributed by atoms with E-state index in [1.165, 1.54) is 16.7 Å². The summed E-state index contributed by atoms with van der Waals surface area (Å²) in [5, 5.41) is 0. The van der Waals surface area contributed by atoms with E-state index in [2.05, 4.69) is 103 Å². The van der Waals surface area contributed by atoms with Gasteiger partial charge in [-0.25, -0.2) is 4.57 Å². The fraction of sp³-hybridized carbons (Fsp3) is 0.433. The Labute approximate surface area is 194 Å². The monoisotopic (exact) mass is 417 g/mol. The maximum atomic E-state index is 8.38. The summed E-state index contributed by atoms with van der Waals surface area (Å²) < 4.78 is 27.3. The molecule has 164 valence electrons. The number of pyridine rings is 1. The van der Waals surface area contributed by atoms with Gasteiger partial charge >= 0.3 is 0 Å². The molecule has 1 aromatic heterocycles. The number of hydrogen-bond acceptors (Lipinski definition) is 0. The highest BCUT2D eigenvalue weighted by Crippen LogP contribution is 2.40. The van der Waals surface area contributed by atoms with Crippen molar-refractivity contribution < 1.29 is 8.68 Å². The number of benzene rings is 2. The van der Waals surface area contributed by atoms with Crippen molar-refractivity contribution in [2.24, 2.45) is 7.05 Å². The number of nitrogens with zero attached hydrogens (tertiary/aromatic N) is 1. The van der Waals surface area contributed by atoms with Crippen molar-refractivity contribution >= 4 is 0 Å². The third-order valence-electron chi connectivity index (χ3n) is 6.30. The van der Waals surface area contributed by atoms with Crippen molar-refractivity contribution in [3.05, 3.63) is 76.5 Å². The van der Waals surface area contributed by atoms with Gasteiger partial charge in [-0.15, -0.1) is 0 Å². The molecule has 31 heavy (non-hydrogen) atoms. The van der Waals surface area contributed by atoms with E-state index in [0.717, 1.165) is 27.9 Å². The predicted molar refractivity (Wildman–Crippen MR) is 135 cm³/mol. The van der Waals surface area contributed by atoms with Crippen molar-refractivity contribution in [1.29, 1.82) is 0 Å². The Balaban J connectivity index is 2.46. The molecule has 0 unspecified atom stereocenters. The molecular formula is C30H40N+. The van der Waals surface area contributed by atoms with Gasteiger partial charge < -0.3 is 0 Å². The lowest BCUT2D eigenvalue weighted by molar-refractivity contribution is -0.660. The summed E-state index contributed by atoms with van der Waals surface area (Å²) in [5.74, 6) is 0.562. The van der Waals surface area contributed by atoms with E-state index in [9.17, 15) is 0 Å². The lowest BCUT2D eigenvalue weighted by Gasteiger charge is -2.23. The van der Waals surface area contributed by atoms with Gasteiger partial charge in [0.1, 0.15) is 7.05 Å². The number of hydrogen-bond donors (Lipinski definition) is 0. The first-order valence-electron chi connectivity index (χ1n) is 12.9. The molecule has 0 aliphatic carbocycles. The Hall–Kier alpha value is -2.41. The topological polar surface area (TPSA) is 3.88 Å². The molecule has 0 bridgehead atoms. The van der Waals surface area contributed by atoms with Crippen LogP contribution in [-0.2, 0) is 12.5 Å². The fourth-order valence-corrected chi connectivity index (χ4v) is 4.36. The third kappa shape index (κ3) is 4.61. The van der Waals surface area contributed by atoms with Crippen molar-refractivity contribution in [3.63, 3.8) is 0 Å². The second-order valence-electron chi connectivity index (χ2n) is 10.5. The number of aryl methyl sites for hydroxylation is 3. The quantitative estimate of drug-likeness (QED) is 0.378. The van der Waals surface area contributed by atoms with E-state index >= 15 is 0 Å². The maximum absolute atomic E-state index is 8.38. The van der Waals surface area contributed by atoms with Crippen LogP contribution < -0.4 is 4.57 Å². The summed E-state index contributed by atoms with van der Waals surface area (Å²) in [6, 6.07) is 14.8. The molecule has 0 aliphatic heterocycles. The predicted octanol–water partition coefficient (Wildman–Crippen LogP) is 8.01. The van der Waals surface area contributed by atoms with E-state index in [1.54, 1.807) is 0 Å². The third-order valence-corrected chi connectivity index (χ3v) is 6.30. The van der Waals surface area contributed by atoms with Gasteiger partial charge in [0.2, 0.25) is 5.69 Å². The highest BCUT2D eigenvalue weighted by Gasteiger charge is 2.23. The zero-order chi connectivity index (χ0) is 25.6. The van der Waals surface area contributed by atoms with Crippen LogP contribution in [0, 0.1) is 13.8 Å². The van der Waals surface area contributed by atoms with Gasteiger partial charge in [0, 0.05) is 21.8 Å². The van der Waals surface area contributed by atoms with Crippen molar-refractivity contribution in [2.75, 3.05) is 0 Å². The molecule has 0 saturated heterocycles. The van der Waals surface area contributed by atoms with Gasteiger partial charge in [-0.3, -0.25) is 0 Å². The molecule has 0 radical (unpaired) electrons. The first kappa shape index (κ1) is 19.3. The Morgan fingerprint density at radius 1 is 0.839 bits per heavy atom. The molecule has 0 saturated carbocycles. The molecule has 0 fully saturated rings. The maximum Gasteiger partial charge on any atom is 0.212 e. The molecule has 0 aliphatic rings. The van der Waals surface area contributed by atoms with Gasteiger partial charge in [-0.2, -0.15) is 0 Å². The zero-order valence-electron chi connectivity index (χ0n) is 23.7. The highest BCUT2D eigenvalue weighted by atomic mass is 14.9. The summed E-state index contributed by atoms with van der Waals surface area (Å²) in [7, 11) is 2.06. The lowest BCUT2D eigenvalue weighted by Crippen LogP contribution is -2.32. The Bertz CT molecular complexity index is 1170. The van der Waals surface area contributed by atoms with Gasteiger partial charge in [0.15, 0.2) is 6.20 Å². The van der Waals surface area contributed by atoms with Crippen molar-refractivity contribution in [3.8, 4) is 22.4 Å². The van der Waals surface area contributed by atoms with Gasteiger partial charge in [0.05, 0.1) is 0 Å². The van der Waals surface area contributed by atoms with Crippen LogP contribution in [0.2, 0.25) is 0 Å². The second-order valence-corrected chi connectivity index (χ2v) is 10.5. The molecule has 1 nitrogen and oxygen atoms in total. The van der Waals surface area contributed by atoms with Crippen LogP contribution in [0.15, 0.2) is 48.7 Å².